The van der Waals surface area contributed by atoms with Crippen molar-refractivity contribution in [3.63, 3.8) is 0 Å². The minimum atomic E-state index is -2.03. The lowest BCUT2D eigenvalue weighted by atomic mass is 10.1. The third-order valence-corrected chi connectivity index (χ3v) is 4.37. The average molecular weight is 430 g/mol. The van der Waals surface area contributed by atoms with Crippen molar-refractivity contribution in [2.45, 2.75) is 12.6 Å². The number of nitro groups is 1. The molecule has 154 valence electrons. The van der Waals surface area contributed by atoms with Gasteiger partial charge in [0.15, 0.2) is 11.5 Å². The molecule has 0 radical (unpaired) electrons. The molecule has 1 unspecified atom stereocenters. The summed E-state index contributed by atoms with van der Waals surface area (Å²) in [5.41, 5.74) is 1.48. The molecule has 0 fully saturated rings. The number of nitrogens with one attached hydrogen (secondary N) is 1. The lowest BCUT2D eigenvalue weighted by molar-refractivity contribution is -0.493. The highest BCUT2D eigenvalue weighted by Crippen LogP contribution is 2.32. The number of hydrogen-bond acceptors (Lipinski definition) is 6. The second-order valence-corrected chi connectivity index (χ2v) is 6.58. The van der Waals surface area contributed by atoms with Crippen LogP contribution in [0.1, 0.15) is 11.1 Å². The number of amidine groups is 1. The van der Waals surface area contributed by atoms with E-state index in [0.717, 1.165) is 5.56 Å². The van der Waals surface area contributed by atoms with Gasteiger partial charge >= 0.3 is 17.9 Å². The van der Waals surface area contributed by atoms with E-state index >= 15 is 0 Å². The van der Waals surface area contributed by atoms with Crippen molar-refractivity contribution in [2.24, 2.45) is 4.99 Å². The van der Waals surface area contributed by atoms with Crippen LogP contribution in [0.25, 0.3) is 6.08 Å². The Morgan fingerprint density at radius 1 is 1.20 bits per heavy atom. The van der Waals surface area contributed by atoms with E-state index in [0.29, 0.717) is 22.1 Å². The summed E-state index contributed by atoms with van der Waals surface area (Å²) < 4.78 is 11.3. The molecule has 2 aromatic carbocycles. The molecule has 2 amide bonds. The number of ether oxygens (including phenoxy) is 2. The molecule has 10 heteroatoms. The third-order valence-electron chi connectivity index (χ3n) is 4.12. The maximum atomic E-state index is 11.8. The Balaban J connectivity index is 1.83. The first kappa shape index (κ1) is 21.0. The molecule has 1 atom stereocenters. The van der Waals surface area contributed by atoms with Crippen LogP contribution in [0.2, 0.25) is 5.02 Å². The average Bonchev–Trinajstić information content (AvgIpc) is 2.71. The minimum absolute atomic E-state index is 0.102. The number of para-hydroxylation sites is 1. The van der Waals surface area contributed by atoms with Gasteiger partial charge in [0, 0.05) is 15.5 Å². The van der Waals surface area contributed by atoms with Crippen LogP contribution in [0.15, 0.2) is 53.5 Å². The molecule has 1 aliphatic rings. The Hall–Kier alpha value is -3.72. The van der Waals surface area contributed by atoms with Gasteiger partial charge in [0.25, 0.3) is 0 Å². The number of amides is 2. The zero-order chi connectivity index (χ0) is 21.7. The van der Waals surface area contributed by atoms with E-state index in [9.17, 15) is 19.7 Å². The van der Waals surface area contributed by atoms with Gasteiger partial charge in [0.05, 0.1) is 7.11 Å². The molecule has 9 nitrogen and oxygen atoms in total. The van der Waals surface area contributed by atoms with Crippen LogP contribution in [-0.4, -0.2) is 35.7 Å². The monoisotopic (exact) mass is 429 g/mol. The molecule has 0 saturated heterocycles. The number of aliphatic imine (C=N–C) groups is 1. The molecule has 3 rings (SSSR count). The molecule has 0 aromatic heterocycles. The third kappa shape index (κ3) is 4.81. The molecule has 0 bridgehead atoms. The first-order chi connectivity index (χ1) is 14.4. The van der Waals surface area contributed by atoms with Gasteiger partial charge in [-0.05, 0) is 35.9 Å². The van der Waals surface area contributed by atoms with Crippen molar-refractivity contribution in [3.05, 3.63) is 74.8 Å². The second-order valence-electron chi connectivity index (χ2n) is 6.14. The Morgan fingerprint density at radius 2 is 1.93 bits per heavy atom. The maximum absolute atomic E-state index is 11.8. The summed E-state index contributed by atoms with van der Waals surface area (Å²) in [5.74, 6) is -1.36. The van der Waals surface area contributed by atoms with Crippen molar-refractivity contribution in [1.82, 2.24) is 5.32 Å². The number of benzene rings is 2. The van der Waals surface area contributed by atoms with Crippen LogP contribution >= 0.6 is 11.6 Å². The predicted molar refractivity (Wildman–Crippen MR) is 109 cm³/mol. The van der Waals surface area contributed by atoms with Crippen molar-refractivity contribution >= 4 is 35.3 Å². The number of rotatable bonds is 7. The van der Waals surface area contributed by atoms with Crippen molar-refractivity contribution in [3.8, 4) is 11.5 Å². The SMILES string of the molecule is COc1cccc(/C=C/C2=NC(=O)C([N+](=O)[O-])C(=O)N2)c1OCc1ccc(Cl)cc1. The summed E-state index contributed by atoms with van der Waals surface area (Å²) in [4.78, 5) is 36.9. The molecule has 30 heavy (non-hydrogen) atoms. The highest BCUT2D eigenvalue weighted by molar-refractivity contribution is 6.30. The highest BCUT2D eigenvalue weighted by atomic mass is 35.5. The van der Waals surface area contributed by atoms with Gasteiger partial charge in [-0.3, -0.25) is 19.7 Å². The first-order valence-electron chi connectivity index (χ1n) is 8.68. The molecule has 1 aliphatic heterocycles. The Morgan fingerprint density at radius 3 is 2.57 bits per heavy atom. The van der Waals surface area contributed by atoms with Crippen LogP contribution in [0.4, 0.5) is 0 Å². The number of hydrogen-bond donors (Lipinski definition) is 1. The number of methoxy groups -OCH3 is 1. The van der Waals surface area contributed by atoms with Crippen molar-refractivity contribution < 1.29 is 24.0 Å². The number of halogens is 1. The summed E-state index contributed by atoms with van der Waals surface area (Å²) in [6.45, 7) is 0.249. The van der Waals surface area contributed by atoms with E-state index in [-0.39, 0.29) is 12.4 Å². The van der Waals surface area contributed by atoms with Crippen LogP contribution < -0.4 is 14.8 Å². The zero-order valence-electron chi connectivity index (χ0n) is 15.7. The lowest BCUT2D eigenvalue weighted by Gasteiger charge is -2.14. The molecule has 0 saturated carbocycles. The Labute approximate surface area is 176 Å². The van der Waals surface area contributed by atoms with Gasteiger partial charge in [-0.25, -0.2) is 0 Å². The zero-order valence-corrected chi connectivity index (χ0v) is 16.5. The van der Waals surface area contributed by atoms with E-state index in [1.807, 2.05) is 12.1 Å². The quantitative estimate of drug-likeness (QED) is 0.410. The fourth-order valence-corrected chi connectivity index (χ4v) is 2.79. The van der Waals surface area contributed by atoms with Crippen molar-refractivity contribution in [2.75, 3.05) is 7.11 Å². The van der Waals surface area contributed by atoms with E-state index in [1.54, 1.807) is 36.4 Å². The predicted octanol–water partition coefficient (Wildman–Crippen LogP) is 2.64. The smallest absolute Gasteiger partial charge is 0.368 e. The second kappa shape index (κ2) is 9.19. The molecule has 0 spiro atoms. The van der Waals surface area contributed by atoms with Gasteiger partial charge in [0.2, 0.25) is 0 Å². The van der Waals surface area contributed by atoms with E-state index < -0.39 is 22.8 Å². The summed E-state index contributed by atoms with van der Waals surface area (Å²) in [5, 5.41) is 13.6. The van der Waals surface area contributed by atoms with Crippen LogP contribution in [0.3, 0.4) is 0 Å². The molecular formula is C20H16ClN3O6. The van der Waals surface area contributed by atoms with Crippen LogP contribution in [0.5, 0.6) is 11.5 Å². The molecule has 0 aliphatic carbocycles. The van der Waals surface area contributed by atoms with Crippen LogP contribution in [0, 0.1) is 10.1 Å². The standard InChI is InChI=1S/C20H16ClN3O6/c1-29-15-4-2-3-13(18(15)30-11-12-5-8-14(21)9-6-12)7-10-16-22-19(25)17(24(27)28)20(26)23-16/h2-10,17H,11H2,1H3,(H,22,23,25,26)/b10-7+. The van der Waals surface area contributed by atoms with Gasteiger partial charge in [-0.2, -0.15) is 4.99 Å². The molecule has 1 N–H and O–H groups in total. The Kier molecular flexibility index (Phi) is 6.43. The fraction of sp³-hybridized carbons (Fsp3) is 0.150. The van der Waals surface area contributed by atoms with Gasteiger partial charge in [-0.1, -0.05) is 35.9 Å². The summed E-state index contributed by atoms with van der Waals surface area (Å²) >= 11 is 5.89. The van der Waals surface area contributed by atoms with E-state index in [2.05, 4.69) is 10.3 Å². The van der Waals surface area contributed by atoms with Crippen LogP contribution in [-0.2, 0) is 16.2 Å². The van der Waals surface area contributed by atoms with E-state index in [4.69, 9.17) is 21.1 Å². The van der Waals surface area contributed by atoms with Crippen molar-refractivity contribution in [1.29, 1.82) is 0 Å². The largest absolute Gasteiger partial charge is 0.493 e. The summed E-state index contributed by atoms with van der Waals surface area (Å²) in [7, 11) is 1.50. The van der Waals surface area contributed by atoms with Gasteiger partial charge in [-0.15, -0.1) is 0 Å². The molecular weight excluding hydrogens is 414 g/mol. The maximum Gasteiger partial charge on any atom is 0.368 e. The van der Waals surface area contributed by atoms with E-state index in [1.165, 1.54) is 13.2 Å². The van der Waals surface area contributed by atoms with Gasteiger partial charge < -0.3 is 14.8 Å². The number of carbonyl (C=O) groups is 2. The summed E-state index contributed by atoms with van der Waals surface area (Å²) in [6.07, 6.45) is 2.91. The fourth-order valence-electron chi connectivity index (χ4n) is 2.66. The minimum Gasteiger partial charge on any atom is -0.493 e. The number of nitrogens with zero attached hydrogens (tertiary/aromatic N) is 2. The van der Waals surface area contributed by atoms with Gasteiger partial charge in [0.1, 0.15) is 12.4 Å². The molecule has 1 heterocycles. The highest BCUT2D eigenvalue weighted by Gasteiger charge is 2.41. The molecule has 2 aromatic rings. The topological polar surface area (TPSA) is 120 Å². The Bertz CT molecular complexity index is 1050. The summed E-state index contributed by atoms with van der Waals surface area (Å²) in [6, 6.07) is 10.3. The first-order valence-corrected chi connectivity index (χ1v) is 9.06. The normalized spacial score (nSPS) is 16.2. The lowest BCUT2D eigenvalue weighted by Crippen LogP contribution is -2.50. The number of carbonyl (C=O) groups excluding carboxylic acids is 2.